The molecule has 1 aliphatic rings. The number of carboxylic acids is 1. The van der Waals surface area contributed by atoms with Gasteiger partial charge < -0.3 is 19.6 Å². The predicted octanol–water partition coefficient (Wildman–Crippen LogP) is 2.27. The molecule has 0 aliphatic carbocycles. The van der Waals surface area contributed by atoms with E-state index in [1.165, 1.54) is 30.5 Å². The Hall–Kier alpha value is -2.74. The molecule has 27 heavy (non-hydrogen) atoms. The molecule has 0 radical (unpaired) electrons. The maximum Gasteiger partial charge on any atom is 0.308 e. The molecule has 0 spiro atoms. The third-order valence-electron chi connectivity index (χ3n) is 4.66. The van der Waals surface area contributed by atoms with Crippen molar-refractivity contribution in [2.24, 2.45) is 11.8 Å². The average molecular weight is 376 g/mol. The highest BCUT2D eigenvalue weighted by molar-refractivity contribution is 5.79. The Morgan fingerprint density at radius 2 is 1.96 bits per heavy atom. The number of carbonyl (C=O) groups excluding carboxylic acids is 1. The molecule has 1 fully saturated rings. The normalized spacial score (nSPS) is 16.0. The van der Waals surface area contributed by atoms with Gasteiger partial charge in [0.05, 0.1) is 18.0 Å². The van der Waals surface area contributed by atoms with Gasteiger partial charge >= 0.3 is 5.97 Å². The van der Waals surface area contributed by atoms with Crippen LogP contribution in [-0.2, 0) is 20.7 Å². The molecular weight excluding hydrogens is 355 g/mol. The van der Waals surface area contributed by atoms with Crippen molar-refractivity contribution in [1.82, 2.24) is 10.3 Å². The van der Waals surface area contributed by atoms with Gasteiger partial charge in [-0.05, 0) is 43.0 Å². The molecule has 2 heterocycles. The highest BCUT2D eigenvalue weighted by atomic mass is 19.1. The largest absolute Gasteiger partial charge is 0.481 e. The fourth-order valence-electron chi connectivity index (χ4n) is 3.14. The lowest BCUT2D eigenvalue weighted by molar-refractivity contribution is -0.144. The molecule has 1 aromatic heterocycles. The van der Waals surface area contributed by atoms with E-state index in [2.05, 4.69) is 10.3 Å². The lowest BCUT2D eigenvalue weighted by atomic mass is 9.86. The number of hydrogen-bond donors (Lipinski definition) is 2. The second-order valence-electron chi connectivity index (χ2n) is 6.53. The van der Waals surface area contributed by atoms with E-state index >= 15 is 0 Å². The number of aromatic nitrogens is 1. The Bertz CT molecular complexity index is 784. The summed E-state index contributed by atoms with van der Waals surface area (Å²) >= 11 is 0. The third kappa shape index (κ3) is 5.13. The van der Waals surface area contributed by atoms with E-state index in [1.807, 2.05) is 0 Å². The highest BCUT2D eigenvalue weighted by Crippen LogP contribution is 2.24. The maximum atomic E-state index is 13.0. The van der Waals surface area contributed by atoms with E-state index in [9.17, 15) is 19.1 Å². The Kier molecular flexibility index (Phi) is 6.18. The number of halogens is 1. The Balaban J connectivity index is 1.54. The van der Waals surface area contributed by atoms with Crippen molar-refractivity contribution in [1.29, 1.82) is 0 Å². The zero-order chi connectivity index (χ0) is 19.2. The molecule has 0 saturated carbocycles. The Morgan fingerprint density at radius 3 is 2.63 bits per heavy atom. The van der Waals surface area contributed by atoms with Crippen LogP contribution >= 0.6 is 0 Å². The van der Waals surface area contributed by atoms with Crippen LogP contribution < -0.4 is 5.32 Å². The van der Waals surface area contributed by atoms with Crippen LogP contribution in [0.25, 0.3) is 11.5 Å². The summed E-state index contributed by atoms with van der Waals surface area (Å²) in [6, 6.07) is 5.68. The third-order valence-corrected chi connectivity index (χ3v) is 4.66. The summed E-state index contributed by atoms with van der Waals surface area (Å²) in [6.45, 7) is 1.17. The van der Waals surface area contributed by atoms with Crippen LogP contribution in [0.2, 0.25) is 0 Å². The van der Waals surface area contributed by atoms with Gasteiger partial charge in [0.1, 0.15) is 12.1 Å². The molecule has 1 atom stereocenters. The summed E-state index contributed by atoms with van der Waals surface area (Å²) in [7, 11) is 0. The second-order valence-corrected chi connectivity index (χ2v) is 6.53. The number of nitrogens with one attached hydrogen (secondary N) is 1. The summed E-state index contributed by atoms with van der Waals surface area (Å²) in [4.78, 5) is 27.9. The maximum absolute atomic E-state index is 13.0. The van der Waals surface area contributed by atoms with Gasteiger partial charge in [-0.1, -0.05) is 0 Å². The first-order valence-electron chi connectivity index (χ1n) is 8.80. The molecule has 2 aromatic rings. The predicted molar refractivity (Wildman–Crippen MR) is 93.3 cm³/mol. The van der Waals surface area contributed by atoms with E-state index in [1.54, 1.807) is 0 Å². The van der Waals surface area contributed by atoms with Crippen LogP contribution in [0.5, 0.6) is 0 Å². The summed E-state index contributed by atoms with van der Waals surface area (Å²) in [5, 5.41) is 12.1. The lowest BCUT2D eigenvalue weighted by Gasteiger charge is -2.27. The molecule has 0 bridgehead atoms. The standard InChI is InChI=1S/C19H21FN2O5/c20-14-3-1-13(2-4-14)18-22-15(11-27-18)9-17(23)21-10-16(19(24)25)12-5-7-26-8-6-12/h1-4,11-12,16H,5-10H2,(H,21,23)(H,24,25). The lowest BCUT2D eigenvalue weighted by Crippen LogP contribution is -2.39. The molecule has 1 saturated heterocycles. The van der Waals surface area contributed by atoms with Crippen LogP contribution in [0.15, 0.2) is 34.9 Å². The van der Waals surface area contributed by atoms with Gasteiger partial charge in [0.2, 0.25) is 11.8 Å². The van der Waals surface area contributed by atoms with Crippen molar-refractivity contribution in [3.8, 4) is 11.5 Å². The van der Waals surface area contributed by atoms with E-state index in [0.717, 1.165) is 0 Å². The van der Waals surface area contributed by atoms with Gasteiger partial charge in [-0.15, -0.1) is 0 Å². The van der Waals surface area contributed by atoms with Gasteiger partial charge in [-0.2, -0.15) is 0 Å². The Morgan fingerprint density at radius 1 is 1.26 bits per heavy atom. The fourth-order valence-corrected chi connectivity index (χ4v) is 3.14. The minimum Gasteiger partial charge on any atom is -0.481 e. The van der Waals surface area contributed by atoms with Gasteiger partial charge in [-0.25, -0.2) is 9.37 Å². The molecular formula is C19H21FN2O5. The van der Waals surface area contributed by atoms with Crippen LogP contribution in [-0.4, -0.2) is 41.7 Å². The average Bonchev–Trinajstić information content (AvgIpc) is 3.11. The first-order chi connectivity index (χ1) is 13.0. The van der Waals surface area contributed by atoms with E-state index < -0.39 is 11.9 Å². The minimum atomic E-state index is -0.915. The molecule has 1 aromatic carbocycles. The number of nitrogens with zero attached hydrogens (tertiary/aromatic N) is 1. The first kappa shape index (κ1) is 19.0. The van der Waals surface area contributed by atoms with E-state index in [0.29, 0.717) is 43.2 Å². The SMILES string of the molecule is O=C(Cc1coc(-c2ccc(F)cc2)n1)NCC(C(=O)O)C1CCOCC1. The summed E-state index contributed by atoms with van der Waals surface area (Å²) < 4.78 is 23.6. The van der Waals surface area contributed by atoms with Gasteiger partial charge in [0, 0.05) is 25.3 Å². The minimum absolute atomic E-state index is 0.00585. The van der Waals surface area contributed by atoms with Gasteiger partial charge in [0.25, 0.3) is 0 Å². The zero-order valence-electron chi connectivity index (χ0n) is 14.7. The number of carbonyl (C=O) groups is 2. The van der Waals surface area contributed by atoms with Crippen molar-refractivity contribution in [3.63, 3.8) is 0 Å². The number of aliphatic carboxylic acids is 1. The topological polar surface area (TPSA) is 102 Å². The van der Waals surface area contributed by atoms with Crippen molar-refractivity contribution < 1.29 is 28.2 Å². The van der Waals surface area contributed by atoms with Crippen molar-refractivity contribution in [2.75, 3.05) is 19.8 Å². The van der Waals surface area contributed by atoms with Crippen LogP contribution in [0.4, 0.5) is 4.39 Å². The molecule has 3 rings (SSSR count). The van der Waals surface area contributed by atoms with Gasteiger partial charge in [-0.3, -0.25) is 9.59 Å². The molecule has 1 aliphatic heterocycles. The molecule has 7 nitrogen and oxygen atoms in total. The highest BCUT2D eigenvalue weighted by Gasteiger charge is 2.30. The molecule has 144 valence electrons. The molecule has 1 unspecified atom stereocenters. The number of rotatable bonds is 7. The first-order valence-corrected chi connectivity index (χ1v) is 8.80. The summed E-state index contributed by atoms with van der Waals surface area (Å²) in [5.74, 6) is -1.95. The fraction of sp³-hybridized carbons (Fsp3) is 0.421. The second kappa shape index (κ2) is 8.77. The quantitative estimate of drug-likeness (QED) is 0.769. The molecule has 1 amide bonds. The number of ether oxygens (including phenoxy) is 1. The van der Waals surface area contributed by atoms with E-state index in [-0.39, 0.29) is 30.6 Å². The van der Waals surface area contributed by atoms with E-state index in [4.69, 9.17) is 9.15 Å². The number of hydrogen-bond acceptors (Lipinski definition) is 5. The smallest absolute Gasteiger partial charge is 0.308 e. The van der Waals surface area contributed by atoms with Crippen molar-refractivity contribution in [2.45, 2.75) is 19.3 Å². The van der Waals surface area contributed by atoms with Crippen LogP contribution in [0.1, 0.15) is 18.5 Å². The summed E-state index contributed by atoms with van der Waals surface area (Å²) in [6.07, 6.45) is 2.70. The number of carboxylic acid groups (broad SMARTS) is 1. The van der Waals surface area contributed by atoms with Crippen molar-refractivity contribution in [3.05, 3.63) is 42.0 Å². The molecule has 8 heteroatoms. The monoisotopic (exact) mass is 376 g/mol. The van der Waals surface area contributed by atoms with Crippen LogP contribution in [0.3, 0.4) is 0 Å². The number of amides is 1. The summed E-state index contributed by atoms with van der Waals surface area (Å²) in [5.41, 5.74) is 1.03. The molecule has 2 N–H and O–H groups in total. The Labute approximate surface area is 155 Å². The van der Waals surface area contributed by atoms with Gasteiger partial charge in [0.15, 0.2) is 0 Å². The van der Waals surface area contributed by atoms with Crippen LogP contribution in [0, 0.1) is 17.7 Å². The number of oxazole rings is 1. The van der Waals surface area contributed by atoms with Crippen molar-refractivity contribution >= 4 is 11.9 Å². The number of benzene rings is 1. The zero-order valence-corrected chi connectivity index (χ0v) is 14.7.